The number of aryl methyl sites for hydroxylation is 1. The van der Waals surface area contributed by atoms with Gasteiger partial charge in [-0.15, -0.1) is 0 Å². The Balaban J connectivity index is 2.18. The topological polar surface area (TPSA) is 26.0 Å². The standard InChI is InChI=1S/C12H14BrN/c13-11-10(7-4-5-7)6-8-2-1-3-9(8)12(11)14/h6-7H,1-5,14H2. The fraction of sp³-hybridized carbons (Fsp3) is 0.500. The summed E-state index contributed by atoms with van der Waals surface area (Å²) >= 11 is 3.65. The summed E-state index contributed by atoms with van der Waals surface area (Å²) in [6.07, 6.45) is 6.37. The molecule has 0 amide bonds. The largest absolute Gasteiger partial charge is 0.398 e. The van der Waals surface area contributed by atoms with Gasteiger partial charge in [0, 0.05) is 10.2 Å². The second-order valence-corrected chi connectivity index (χ2v) is 5.25. The molecule has 0 atom stereocenters. The maximum absolute atomic E-state index is 6.15. The number of hydrogen-bond acceptors (Lipinski definition) is 1. The third kappa shape index (κ3) is 1.20. The van der Waals surface area contributed by atoms with Crippen molar-refractivity contribution in [1.82, 2.24) is 0 Å². The molecule has 0 spiro atoms. The molecule has 0 bridgehead atoms. The van der Waals surface area contributed by atoms with Crippen LogP contribution >= 0.6 is 15.9 Å². The van der Waals surface area contributed by atoms with E-state index in [0.29, 0.717) is 0 Å². The smallest absolute Gasteiger partial charge is 0.0496 e. The predicted molar refractivity (Wildman–Crippen MR) is 62.6 cm³/mol. The number of nitrogens with two attached hydrogens (primary N) is 1. The van der Waals surface area contributed by atoms with E-state index in [1.807, 2.05) is 0 Å². The van der Waals surface area contributed by atoms with Crippen molar-refractivity contribution < 1.29 is 0 Å². The van der Waals surface area contributed by atoms with Gasteiger partial charge in [0.25, 0.3) is 0 Å². The first-order chi connectivity index (χ1) is 6.77. The highest BCUT2D eigenvalue weighted by Gasteiger charge is 2.29. The van der Waals surface area contributed by atoms with Gasteiger partial charge in [0.2, 0.25) is 0 Å². The van der Waals surface area contributed by atoms with Crippen molar-refractivity contribution in [1.29, 1.82) is 0 Å². The van der Waals surface area contributed by atoms with E-state index in [2.05, 4.69) is 22.0 Å². The molecule has 1 nitrogen and oxygen atoms in total. The summed E-state index contributed by atoms with van der Waals surface area (Å²) in [5, 5.41) is 0. The van der Waals surface area contributed by atoms with Gasteiger partial charge in [0.1, 0.15) is 0 Å². The number of halogens is 1. The molecule has 0 aliphatic heterocycles. The Bertz CT molecular complexity index is 394. The Morgan fingerprint density at radius 1 is 1.29 bits per heavy atom. The van der Waals surface area contributed by atoms with Gasteiger partial charge >= 0.3 is 0 Å². The van der Waals surface area contributed by atoms with Gasteiger partial charge in [-0.25, -0.2) is 0 Å². The van der Waals surface area contributed by atoms with E-state index in [1.54, 1.807) is 0 Å². The highest BCUT2D eigenvalue weighted by atomic mass is 79.9. The Morgan fingerprint density at radius 3 is 2.79 bits per heavy atom. The molecule has 0 radical (unpaired) electrons. The summed E-state index contributed by atoms with van der Waals surface area (Å²) < 4.78 is 1.18. The lowest BCUT2D eigenvalue weighted by Crippen LogP contribution is -1.98. The van der Waals surface area contributed by atoms with Gasteiger partial charge in [-0.1, -0.05) is 6.07 Å². The molecule has 0 aromatic heterocycles. The van der Waals surface area contributed by atoms with Gasteiger partial charge in [-0.3, -0.25) is 0 Å². The van der Waals surface area contributed by atoms with Gasteiger partial charge < -0.3 is 5.73 Å². The van der Waals surface area contributed by atoms with Gasteiger partial charge in [0.05, 0.1) is 0 Å². The summed E-state index contributed by atoms with van der Waals surface area (Å²) in [4.78, 5) is 0. The molecular formula is C12H14BrN. The molecule has 2 heteroatoms. The van der Waals surface area contributed by atoms with Crippen molar-refractivity contribution in [2.45, 2.75) is 38.0 Å². The first-order valence-corrected chi connectivity index (χ1v) is 6.16. The highest BCUT2D eigenvalue weighted by Crippen LogP contribution is 2.47. The maximum atomic E-state index is 6.15. The van der Waals surface area contributed by atoms with Gasteiger partial charge in [-0.2, -0.15) is 0 Å². The molecule has 74 valence electrons. The van der Waals surface area contributed by atoms with E-state index >= 15 is 0 Å². The second kappa shape index (κ2) is 2.99. The zero-order valence-electron chi connectivity index (χ0n) is 8.15. The van der Waals surface area contributed by atoms with Crippen molar-refractivity contribution in [3.8, 4) is 0 Å². The van der Waals surface area contributed by atoms with E-state index in [-0.39, 0.29) is 0 Å². The van der Waals surface area contributed by atoms with Crippen LogP contribution in [0.5, 0.6) is 0 Å². The van der Waals surface area contributed by atoms with Crippen molar-refractivity contribution >= 4 is 21.6 Å². The molecule has 1 saturated carbocycles. The number of hydrogen-bond donors (Lipinski definition) is 1. The van der Waals surface area contributed by atoms with Crippen LogP contribution in [0.2, 0.25) is 0 Å². The van der Waals surface area contributed by atoms with Gasteiger partial charge in [0.15, 0.2) is 0 Å². The van der Waals surface area contributed by atoms with Crippen LogP contribution in [-0.2, 0) is 12.8 Å². The molecule has 0 unspecified atom stereocenters. The predicted octanol–water partition coefficient (Wildman–Crippen LogP) is 3.40. The lowest BCUT2D eigenvalue weighted by Gasteiger charge is -2.11. The summed E-state index contributed by atoms with van der Waals surface area (Å²) in [7, 11) is 0. The zero-order valence-corrected chi connectivity index (χ0v) is 9.73. The minimum Gasteiger partial charge on any atom is -0.398 e. The quantitative estimate of drug-likeness (QED) is 0.761. The van der Waals surface area contributed by atoms with Gasteiger partial charge in [-0.05, 0) is 70.6 Å². The average molecular weight is 252 g/mol. The van der Waals surface area contributed by atoms with Crippen molar-refractivity contribution in [3.63, 3.8) is 0 Å². The van der Waals surface area contributed by atoms with Crippen LogP contribution < -0.4 is 5.73 Å². The Labute approximate surface area is 92.8 Å². The number of fused-ring (bicyclic) bond motifs is 1. The molecule has 0 heterocycles. The molecule has 0 saturated heterocycles. The van der Waals surface area contributed by atoms with Crippen LogP contribution in [0.15, 0.2) is 10.5 Å². The average Bonchev–Trinajstić information content (AvgIpc) is 2.91. The molecule has 2 aliphatic rings. The number of nitrogen functional groups attached to an aromatic ring is 1. The Hall–Kier alpha value is -0.500. The maximum Gasteiger partial charge on any atom is 0.0496 e. The van der Waals surface area contributed by atoms with E-state index in [0.717, 1.165) is 11.6 Å². The monoisotopic (exact) mass is 251 g/mol. The summed E-state index contributed by atoms with van der Waals surface area (Å²) in [5.41, 5.74) is 11.5. The van der Waals surface area contributed by atoms with Crippen LogP contribution in [0.25, 0.3) is 0 Å². The SMILES string of the molecule is Nc1c(Br)c(C2CC2)cc2c1CCC2. The first-order valence-electron chi connectivity index (χ1n) is 5.37. The van der Waals surface area contributed by atoms with Crippen molar-refractivity contribution in [3.05, 3.63) is 27.2 Å². The Morgan fingerprint density at radius 2 is 2.07 bits per heavy atom. The normalized spacial score (nSPS) is 19.8. The fourth-order valence-corrected chi connectivity index (χ4v) is 3.14. The number of rotatable bonds is 1. The number of benzene rings is 1. The van der Waals surface area contributed by atoms with Crippen LogP contribution in [0.1, 0.15) is 41.9 Å². The molecule has 1 fully saturated rings. The summed E-state index contributed by atoms with van der Waals surface area (Å²) in [5.74, 6) is 0.789. The third-order valence-electron chi connectivity index (χ3n) is 3.42. The molecule has 2 N–H and O–H groups in total. The zero-order chi connectivity index (χ0) is 9.71. The van der Waals surface area contributed by atoms with E-state index in [1.165, 1.54) is 53.3 Å². The van der Waals surface area contributed by atoms with Crippen LogP contribution in [0, 0.1) is 0 Å². The minimum atomic E-state index is 0.789. The van der Waals surface area contributed by atoms with E-state index in [9.17, 15) is 0 Å². The van der Waals surface area contributed by atoms with Crippen molar-refractivity contribution in [2.75, 3.05) is 5.73 Å². The number of anilines is 1. The Kier molecular flexibility index (Phi) is 1.88. The molecule has 2 aliphatic carbocycles. The molecule has 3 rings (SSSR count). The fourth-order valence-electron chi connectivity index (χ4n) is 2.46. The second-order valence-electron chi connectivity index (χ2n) is 4.46. The lowest BCUT2D eigenvalue weighted by molar-refractivity contribution is 0.912. The molecule has 1 aromatic rings. The molecule has 14 heavy (non-hydrogen) atoms. The lowest BCUT2D eigenvalue weighted by atomic mass is 10.0. The summed E-state index contributed by atoms with van der Waals surface area (Å²) in [6, 6.07) is 2.39. The van der Waals surface area contributed by atoms with Crippen LogP contribution in [-0.4, -0.2) is 0 Å². The van der Waals surface area contributed by atoms with Crippen molar-refractivity contribution in [2.24, 2.45) is 0 Å². The third-order valence-corrected chi connectivity index (χ3v) is 4.31. The summed E-state index contributed by atoms with van der Waals surface area (Å²) in [6.45, 7) is 0. The minimum absolute atomic E-state index is 0.789. The molecular weight excluding hydrogens is 238 g/mol. The van der Waals surface area contributed by atoms with Crippen LogP contribution in [0.4, 0.5) is 5.69 Å². The van der Waals surface area contributed by atoms with Crippen LogP contribution in [0.3, 0.4) is 0 Å². The van der Waals surface area contributed by atoms with E-state index < -0.39 is 0 Å². The highest BCUT2D eigenvalue weighted by molar-refractivity contribution is 9.10. The van der Waals surface area contributed by atoms with E-state index in [4.69, 9.17) is 5.73 Å². The molecule has 1 aromatic carbocycles. The first kappa shape index (κ1) is 8.78.